The Balaban J connectivity index is 1.44. The average molecular weight is 671 g/mol. The number of aliphatic hydroxyl groups is 1. The summed E-state index contributed by atoms with van der Waals surface area (Å²) in [5.41, 5.74) is 2.33. The zero-order valence-corrected chi connectivity index (χ0v) is 27.3. The molecule has 3 aromatic rings. The van der Waals surface area contributed by atoms with Crippen molar-refractivity contribution < 1.29 is 42.5 Å². The zero-order valence-electron chi connectivity index (χ0n) is 26.4. The smallest absolute Gasteiger partial charge is 0.459 e. The Hall–Kier alpha value is -4.06. The number of aliphatic hydroxyl groups excluding tert-OH is 1. The predicted octanol–water partition coefficient (Wildman–Crippen LogP) is 3.42. The summed E-state index contributed by atoms with van der Waals surface area (Å²) >= 11 is 0. The maximum absolute atomic E-state index is 14.3. The van der Waals surface area contributed by atoms with Gasteiger partial charge >= 0.3 is 19.7 Å². The lowest BCUT2D eigenvalue weighted by Gasteiger charge is -2.34. The minimum absolute atomic E-state index is 0.126. The lowest BCUT2D eigenvalue weighted by Crippen LogP contribution is -2.53. The number of hydrogen-bond donors (Lipinski definition) is 3. The van der Waals surface area contributed by atoms with Crippen LogP contribution in [0.4, 0.5) is 5.82 Å². The Morgan fingerprint density at radius 2 is 1.89 bits per heavy atom. The number of nitrogen functional groups attached to an aromatic ring is 1. The van der Waals surface area contributed by atoms with Crippen molar-refractivity contribution in [2.75, 3.05) is 18.9 Å². The third-order valence-electron chi connectivity index (χ3n) is 8.24. The third-order valence-corrected chi connectivity index (χ3v) is 9.87. The van der Waals surface area contributed by atoms with E-state index in [0.29, 0.717) is 5.52 Å². The molecule has 1 aromatic carbocycles. The van der Waals surface area contributed by atoms with Gasteiger partial charge in [-0.25, -0.2) is 14.1 Å². The van der Waals surface area contributed by atoms with Gasteiger partial charge < -0.3 is 29.6 Å². The van der Waals surface area contributed by atoms with Gasteiger partial charge in [0, 0.05) is 0 Å². The fourth-order valence-electron chi connectivity index (χ4n) is 5.57. The van der Waals surface area contributed by atoms with Crippen molar-refractivity contribution in [3.63, 3.8) is 0 Å². The van der Waals surface area contributed by atoms with Gasteiger partial charge in [-0.15, -0.1) is 0 Å². The summed E-state index contributed by atoms with van der Waals surface area (Å²) in [5.74, 6) is -1.68. The second-order valence-electron chi connectivity index (χ2n) is 12.0. The van der Waals surface area contributed by atoms with E-state index in [1.54, 1.807) is 38.1 Å². The first-order chi connectivity index (χ1) is 22.4. The van der Waals surface area contributed by atoms with E-state index in [-0.39, 0.29) is 23.4 Å². The minimum atomic E-state index is -4.47. The van der Waals surface area contributed by atoms with Crippen molar-refractivity contribution in [1.29, 1.82) is 5.26 Å². The summed E-state index contributed by atoms with van der Waals surface area (Å²) in [7, 11) is -4.47. The van der Waals surface area contributed by atoms with Gasteiger partial charge in [0.25, 0.3) is 0 Å². The Labute approximate surface area is 271 Å². The molecule has 5 rings (SSSR count). The highest BCUT2D eigenvalue weighted by Crippen LogP contribution is 2.49. The van der Waals surface area contributed by atoms with Crippen molar-refractivity contribution in [2.45, 2.75) is 82.3 Å². The lowest BCUT2D eigenvalue weighted by atomic mass is 9.85. The molecular formula is C31H39N6O9P. The van der Waals surface area contributed by atoms with Crippen LogP contribution in [0.5, 0.6) is 5.75 Å². The molecule has 1 saturated heterocycles. The van der Waals surface area contributed by atoms with Crippen LogP contribution in [-0.4, -0.2) is 68.7 Å². The molecule has 16 heteroatoms. The third kappa shape index (κ3) is 7.12. The van der Waals surface area contributed by atoms with Crippen LogP contribution in [-0.2, 0) is 38.5 Å². The number of ether oxygens (including phenoxy) is 3. The van der Waals surface area contributed by atoms with E-state index in [9.17, 15) is 24.5 Å². The van der Waals surface area contributed by atoms with Gasteiger partial charge in [-0.3, -0.25) is 14.1 Å². The van der Waals surface area contributed by atoms with Crippen LogP contribution in [0.1, 0.15) is 58.6 Å². The Morgan fingerprint density at radius 3 is 2.57 bits per heavy atom. The average Bonchev–Trinajstić information content (AvgIpc) is 3.62. The molecule has 1 saturated carbocycles. The largest absolute Gasteiger partial charge is 0.461 e. The first-order valence-corrected chi connectivity index (χ1v) is 17.0. The number of nitrogens with zero attached hydrogens (tertiary/aromatic N) is 4. The molecular weight excluding hydrogens is 631 g/mol. The molecule has 0 spiro atoms. The molecule has 1 aliphatic carbocycles. The van der Waals surface area contributed by atoms with Gasteiger partial charge in [0.2, 0.25) is 11.2 Å². The van der Waals surface area contributed by atoms with E-state index in [1.165, 1.54) is 36.0 Å². The summed E-state index contributed by atoms with van der Waals surface area (Å²) < 4.78 is 44.5. The highest BCUT2D eigenvalue weighted by Gasteiger charge is 2.64. The van der Waals surface area contributed by atoms with E-state index in [0.717, 1.165) is 32.1 Å². The number of hydrogen-bond acceptors (Lipinski definition) is 13. The molecule has 5 atom stereocenters. The first-order valence-electron chi connectivity index (χ1n) is 15.4. The number of nitrogens with two attached hydrogens (primary N) is 1. The minimum Gasteiger partial charge on any atom is -0.461 e. The monoisotopic (exact) mass is 670 g/mol. The van der Waals surface area contributed by atoms with Gasteiger partial charge in [0.1, 0.15) is 48.5 Å². The molecule has 0 amide bonds. The van der Waals surface area contributed by atoms with E-state index < -0.39 is 62.2 Å². The Bertz CT molecular complexity index is 1670. The number of benzene rings is 1. The summed E-state index contributed by atoms with van der Waals surface area (Å²) in [5, 5.41) is 29.1. The van der Waals surface area contributed by atoms with E-state index in [1.807, 2.05) is 6.07 Å². The zero-order chi connectivity index (χ0) is 33.8. The second-order valence-corrected chi connectivity index (χ2v) is 13.7. The SMILES string of the molecule is CC(C)C(=O)O[C@]1(c2ccc3c(N)ncnn23)CO[C@](C#N)(CO[P@@](=O)(N[C@@H](C)C(=O)OC2CCCCC2)Oc2ccccc2)[C@H]1O. The number of para-hydroxylation sites is 1. The molecule has 1 aliphatic heterocycles. The molecule has 2 aliphatic rings. The fourth-order valence-corrected chi connectivity index (χ4v) is 7.09. The number of carbonyl (C=O) groups is 2. The van der Waals surface area contributed by atoms with Crippen LogP contribution >= 0.6 is 7.75 Å². The van der Waals surface area contributed by atoms with Crippen molar-refractivity contribution in [1.82, 2.24) is 19.7 Å². The van der Waals surface area contributed by atoms with Crippen molar-refractivity contribution in [2.24, 2.45) is 5.92 Å². The molecule has 4 N–H and O–H groups in total. The predicted molar refractivity (Wildman–Crippen MR) is 167 cm³/mol. The van der Waals surface area contributed by atoms with E-state index in [4.69, 9.17) is 29.0 Å². The normalized spacial score (nSPS) is 25.1. The van der Waals surface area contributed by atoms with Gasteiger partial charge in [-0.1, -0.05) is 38.5 Å². The molecule has 2 fully saturated rings. The number of rotatable bonds is 12. The van der Waals surface area contributed by atoms with Crippen LogP contribution in [0.2, 0.25) is 0 Å². The summed E-state index contributed by atoms with van der Waals surface area (Å²) in [6.45, 7) is 3.35. The van der Waals surface area contributed by atoms with Crippen molar-refractivity contribution >= 4 is 31.0 Å². The molecule has 2 aromatic heterocycles. The molecule has 0 unspecified atom stereocenters. The van der Waals surface area contributed by atoms with Crippen LogP contribution in [0.3, 0.4) is 0 Å². The number of nitrogens with one attached hydrogen (secondary N) is 1. The fraction of sp³-hybridized carbons (Fsp3) is 0.516. The summed E-state index contributed by atoms with van der Waals surface area (Å²) in [4.78, 5) is 30.0. The summed E-state index contributed by atoms with van der Waals surface area (Å²) in [6, 6.07) is 12.0. The molecule has 0 radical (unpaired) electrons. The quantitative estimate of drug-likeness (QED) is 0.186. The number of carbonyl (C=O) groups excluding carboxylic acids is 2. The van der Waals surface area contributed by atoms with Gasteiger partial charge in [0.05, 0.1) is 18.2 Å². The van der Waals surface area contributed by atoms with Gasteiger partial charge in [-0.05, 0) is 56.9 Å². The van der Waals surface area contributed by atoms with Crippen LogP contribution in [0.25, 0.3) is 5.52 Å². The van der Waals surface area contributed by atoms with Crippen molar-refractivity contribution in [3.8, 4) is 11.8 Å². The first kappa shape index (κ1) is 34.3. The van der Waals surface area contributed by atoms with Crippen molar-refractivity contribution in [3.05, 3.63) is 54.5 Å². The molecule has 3 heterocycles. The molecule has 252 valence electrons. The molecule has 47 heavy (non-hydrogen) atoms. The van der Waals surface area contributed by atoms with Crippen LogP contribution < -0.4 is 15.3 Å². The number of aromatic nitrogens is 3. The van der Waals surface area contributed by atoms with E-state index >= 15 is 0 Å². The maximum atomic E-state index is 14.3. The van der Waals surface area contributed by atoms with Crippen LogP contribution in [0, 0.1) is 17.2 Å². The highest BCUT2D eigenvalue weighted by molar-refractivity contribution is 7.52. The number of nitriles is 1. The summed E-state index contributed by atoms with van der Waals surface area (Å²) in [6.07, 6.45) is 3.51. The second kappa shape index (κ2) is 14.0. The number of esters is 2. The lowest BCUT2D eigenvalue weighted by molar-refractivity contribution is -0.177. The number of anilines is 1. The van der Waals surface area contributed by atoms with Crippen LogP contribution in [0.15, 0.2) is 48.8 Å². The Kier molecular flexibility index (Phi) is 10.2. The maximum Gasteiger partial charge on any atom is 0.459 e. The van der Waals surface area contributed by atoms with Gasteiger partial charge in [0.15, 0.2) is 5.82 Å². The van der Waals surface area contributed by atoms with E-state index in [2.05, 4.69) is 15.2 Å². The number of fused-ring (bicyclic) bond motifs is 1. The Morgan fingerprint density at radius 1 is 1.17 bits per heavy atom. The molecule has 15 nitrogen and oxygen atoms in total. The molecule has 0 bridgehead atoms. The standard InChI is InChI=1S/C31H39N6O9P/c1-20(2)27(38)45-31(25-15-14-24-26(33)34-19-35-37(24)25)18-42-30(16-32,29(31)40)17-43-47(41,46-23-12-8-5-9-13-23)36-21(3)28(39)44-22-10-6-4-7-11-22/h5,8-9,12-15,19-22,29,40H,4,6-7,10-11,17-18H2,1-3H3,(H,36,41)(H2,33,34,35)/t21-,29+,30+,31-,47-/m0/s1. The topological polar surface area (TPSA) is 210 Å². The van der Waals surface area contributed by atoms with Gasteiger partial charge in [-0.2, -0.15) is 15.4 Å². The highest BCUT2D eigenvalue weighted by atomic mass is 31.2.